The maximum Gasteiger partial charge on any atom is 0.340 e. The van der Waals surface area contributed by atoms with E-state index in [1.807, 2.05) is 4.57 Å². The summed E-state index contributed by atoms with van der Waals surface area (Å²) in [5, 5.41) is 24.1. The Balaban J connectivity index is 0.971. The molecule has 2 amide bonds. The lowest BCUT2D eigenvalue weighted by Crippen LogP contribution is -2.41. The van der Waals surface area contributed by atoms with Gasteiger partial charge < -0.3 is 25.0 Å². The zero-order valence-electron chi connectivity index (χ0n) is 35.3. The van der Waals surface area contributed by atoms with Crippen LogP contribution in [0.25, 0.3) is 21.8 Å². The summed E-state index contributed by atoms with van der Waals surface area (Å²) in [4.78, 5) is 41.9. The molecular weight excluding hydrogens is 887 g/mol. The van der Waals surface area contributed by atoms with Crippen LogP contribution in [0.15, 0.2) is 132 Å². The number of phenolic OH excluding ortho intramolecular Hbond substituents is 2. The molecule has 7 aromatic rings. The second kappa shape index (κ2) is 16.9. The molecule has 0 radical (unpaired) electrons. The molecule has 0 fully saturated rings. The van der Waals surface area contributed by atoms with Gasteiger partial charge >= 0.3 is 5.97 Å². The SMILES string of the molecule is Cc1ccc(S(=O)(=O)N(CCCC(=O)NCc2ccc3c(c2)C(=O)OC32c3ccc(O)cc3Oc3cc(O)ccc32)C(=O)c2c3ccccc3[n+](CCCS(=O)(=O)O)c3ccccc23)cc1. The van der Waals surface area contributed by atoms with E-state index in [1.54, 1.807) is 97.9 Å². The summed E-state index contributed by atoms with van der Waals surface area (Å²) < 4.78 is 76.3. The van der Waals surface area contributed by atoms with Crippen LogP contribution in [0.2, 0.25) is 0 Å². The quantitative estimate of drug-likeness (QED) is 0.0408. The maximum atomic E-state index is 15.0. The molecule has 0 saturated heterocycles. The molecule has 17 heteroatoms. The van der Waals surface area contributed by atoms with Crippen LogP contribution in [0.5, 0.6) is 23.0 Å². The minimum atomic E-state index is -4.49. The van der Waals surface area contributed by atoms with Crippen LogP contribution in [0, 0.1) is 6.92 Å². The molecule has 15 nitrogen and oxygen atoms in total. The van der Waals surface area contributed by atoms with E-state index in [-0.39, 0.29) is 77.9 Å². The lowest BCUT2D eigenvalue weighted by Gasteiger charge is -2.36. The van der Waals surface area contributed by atoms with Crippen LogP contribution in [-0.4, -0.2) is 66.0 Å². The molecule has 2 aliphatic rings. The number of carbonyl (C=O) groups excluding carboxylic acids is 3. The smallest absolute Gasteiger partial charge is 0.340 e. The Labute approximate surface area is 379 Å². The van der Waals surface area contributed by atoms with Crippen molar-refractivity contribution in [1.82, 2.24) is 9.62 Å². The Hall–Kier alpha value is -7.34. The number of phenols is 2. The van der Waals surface area contributed by atoms with E-state index in [4.69, 9.17) is 9.47 Å². The van der Waals surface area contributed by atoms with E-state index in [0.29, 0.717) is 44.1 Å². The summed E-state index contributed by atoms with van der Waals surface area (Å²) in [6.07, 6.45) is -0.146. The number of sulfonamides is 1. The molecule has 2 aliphatic heterocycles. The first-order valence-corrected chi connectivity index (χ1v) is 24.0. The molecule has 1 aromatic heterocycles. The molecule has 66 heavy (non-hydrogen) atoms. The van der Waals surface area contributed by atoms with Crippen molar-refractivity contribution in [3.8, 4) is 23.0 Å². The first-order chi connectivity index (χ1) is 31.5. The lowest BCUT2D eigenvalue weighted by molar-refractivity contribution is -0.645. The number of para-hydroxylation sites is 2. The van der Waals surface area contributed by atoms with Crippen LogP contribution in [0.4, 0.5) is 0 Å². The van der Waals surface area contributed by atoms with Gasteiger partial charge in [0.05, 0.1) is 32.5 Å². The van der Waals surface area contributed by atoms with Crippen LogP contribution < -0.4 is 14.6 Å². The largest absolute Gasteiger partial charge is 0.508 e. The topological polar surface area (TPSA) is 218 Å². The average Bonchev–Trinajstić information content (AvgIpc) is 3.57. The van der Waals surface area contributed by atoms with Crippen LogP contribution in [0.1, 0.15) is 67.8 Å². The number of carbonyl (C=O) groups is 3. The highest BCUT2D eigenvalue weighted by Crippen LogP contribution is 2.57. The molecule has 0 aliphatic carbocycles. The number of hydrogen-bond acceptors (Lipinski definition) is 11. The summed E-state index contributed by atoms with van der Waals surface area (Å²) >= 11 is 0. The number of nitrogens with one attached hydrogen (secondary N) is 1. The summed E-state index contributed by atoms with van der Waals surface area (Å²) in [7, 11) is -8.73. The van der Waals surface area contributed by atoms with Gasteiger partial charge in [-0.1, -0.05) is 54.1 Å². The Bertz CT molecular complexity index is 3270. The highest BCUT2D eigenvalue weighted by molar-refractivity contribution is 7.89. The zero-order valence-corrected chi connectivity index (χ0v) is 36.9. The number of aryl methyl sites for hydroxylation is 2. The number of benzene rings is 6. The minimum Gasteiger partial charge on any atom is -0.508 e. The number of amides is 2. The van der Waals surface area contributed by atoms with Crippen molar-refractivity contribution in [2.45, 2.75) is 49.8 Å². The Morgan fingerprint density at radius 1 is 0.742 bits per heavy atom. The van der Waals surface area contributed by atoms with E-state index in [9.17, 15) is 46.0 Å². The van der Waals surface area contributed by atoms with E-state index in [0.717, 1.165) is 9.87 Å². The first-order valence-electron chi connectivity index (χ1n) is 21.0. The van der Waals surface area contributed by atoms with E-state index >= 15 is 0 Å². The fraction of sp³-hybridized carbons (Fsp3) is 0.184. The Kier molecular flexibility index (Phi) is 11.2. The molecule has 6 aromatic carbocycles. The van der Waals surface area contributed by atoms with Gasteiger partial charge in [-0.25, -0.2) is 17.5 Å². The Morgan fingerprint density at radius 3 is 1.94 bits per heavy atom. The van der Waals surface area contributed by atoms with E-state index in [2.05, 4.69) is 5.32 Å². The van der Waals surface area contributed by atoms with Crippen LogP contribution in [0.3, 0.4) is 0 Å². The highest BCUT2D eigenvalue weighted by Gasteiger charge is 2.53. The third kappa shape index (κ3) is 7.94. The second-order valence-corrected chi connectivity index (χ2v) is 19.6. The van der Waals surface area contributed by atoms with Crippen LogP contribution in [-0.2, 0) is 48.4 Å². The summed E-state index contributed by atoms with van der Waals surface area (Å²) in [5.41, 5.74) is 2.78. The number of aromatic hydroxyl groups is 2. The number of rotatable bonds is 13. The highest BCUT2D eigenvalue weighted by atomic mass is 32.2. The maximum absolute atomic E-state index is 15.0. The number of hydrogen-bond donors (Lipinski definition) is 4. The first kappa shape index (κ1) is 43.9. The fourth-order valence-electron chi connectivity index (χ4n) is 8.82. The summed E-state index contributed by atoms with van der Waals surface area (Å²) in [6, 6.07) is 33.9. The van der Waals surface area contributed by atoms with Gasteiger partial charge in [-0.2, -0.15) is 13.0 Å². The Morgan fingerprint density at radius 2 is 1.33 bits per heavy atom. The molecule has 336 valence electrons. The van der Waals surface area contributed by atoms with Gasteiger partial charge in [0.25, 0.3) is 26.0 Å². The van der Waals surface area contributed by atoms with Crippen molar-refractivity contribution in [3.63, 3.8) is 0 Å². The third-order valence-electron chi connectivity index (χ3n) is 11.9. The number of esters is 1. The number of ether oxygens (including phenoxy) is 2. The van der Waals surface area contributed by atoms with E-state index < -0.39 is 49.3 Å². The molecule has 0 atom stereocenters. The van der Waals surface area contributed by atoms with Gasteiger partial charge in [0.2, 0.25) is 16.9 Å². The van der Waals surface area contributed by atoms with E-state index in [1.165, 1.54) is 36.4 Å². The van der Waals surface area contributed by atoms with Crippen molar-refractivity contribution in [2.24, 2.45) is 0 Å². The predicted octanol–water partition coefficient (Wildman–Crippen LogP) is 6.77. The van der Waals surface area contributed by atoms with Crippen molar-refractivity contribution < 1.29 is 60.0 Å². The monoisotopic (exact) mass is 928 g/mol. The molecule has 0 bridgehead atoms. The van der Waals surface area contributed by atoms with Gasteiger partial charge in [0.15, 0.2) is 12.1 Å². The zero-order chi connectivity index (χ0) is 46.5. The molecule has 1 spiro atoms. The normalized spacial score (nSPS) is 13.7. The molecule has 9 rings (SSSR count). The number of fused-ring (bicyclic) bond motifs is 8. The van der Waals surface area contributed by atoms with Crippen LogP contribution >= 0.6 is 0 Å². The predicted molar refractivity (Wildman–Crippen MR) is 241 cm³/mol. The van der Waals surface area contributed by atoms with Crippen molar-refractivity contribution in [3.05, 3.63) is 166 Å². The van der Waals surface area contributed by atoms with Crippen molar-refractivity contribution in [2.75, 3.05) is 12.3 Å². The number of nitrogens with zero attached hydrogens (tertiary/aromatic N) is 2. The van der Waals surface area contributed by atoms with Gasteiger partial charge in [-0.15, -0.1) is 0 Å². The summed E-state index contributed by atoms with van der Waals surface area (Å²) in [5.74, 6) is -2.05. The van der Waals surface area contributed by atoms with Gasteiger partial charge in [0, 0.05) is 66.9 Å². The average molecular weight is 929 g/mol. The van der Waals surface area contributed by atoms with Crippen molar-refractivity contribution in [1.29, 1.82) is 0 Å². The summed E-state index contributed by atoms with van der Waals surface area (Å²) in [6.45, 7) is 1.62. The lowest BCUT2D eigenvalue weighted by atomic mass is 9.77. The molecular formula is C49H42N3O12S2+. The fourth-order valence-corrected chi connectivity index (χ4v) is 10.7. The minimum absolute atomic E-state index is 0.000954. The molecule has 3 heterocycles. The third-order valence-corrected chi connectivity index (χ3v) is 14.5. The van der Waals surface area contributed by atoms with Gasteiger partial charge in [0.1, 0.15) is 23.0 Å². The van der Waals surface area contributed by atoms with Gasteiger partial charge in [-0.3, -0.25) is 14.1 Å². The van der Waals surface area contributed by atoms with Gasteiger partial charge in [-0.05, 0) is 73.5 Å². The molecule has 4 N–H and O–H groups in total. The molecule has 0 unspecified atom stereocenters. The number of pyridine rings is 1. The second-order valence-electron chi connectivity index (χ2n) is 16.2. The number of aromatic nitrogens is 1. The standard InChI is InChI=1S/C49H41N3O12S2/c1-30-13-18-34(19-14-30)66(61,62)52(47(56)46-35-8-2-4-10-41(35)51(23-7-25-65(58,59)60)42-11-5-3-9-36(42)46)24-6-12-45(55)50-29-31-15-20-38-37(26-31)48(57)64-49(38)39-21-16-32(53)27-43(39)63-44-28-33(54)17-22-40(44)49/h2-5,8-11,13-22,26-28H,6-7,12,23-25,29H2,1H3,(H3-,50,53,54,55,58,59,60)/p+1. The van der Waals surface area contributed by atoms with Crippen molar-refractivity contribution >= 4 is 59.7 Å². The molecule has 0 saturated carbocycles.